The third-order valence-electron chi connectivity index (χ3n) is 9.75. The van der Waals surface area contributed by atoms with E-state index in [4.69, 9.17) is 4.74 Å². The van der Waals surface area contributed by atoms with E-state index in [9.17, 15) is 24.6 Å². The molecule has 0 bridgehead atoms. The van der Waals surface area contributed by atoms with E-state index in [0.29, 0.717) is 31.3 Å². The number of Topliss-reactive ketones (excluding diaryl/α,β-unsaturated/α-hetero) is 1. The highest BCUT2D eigenvalue weighted by Crippen LogP contribution is 2.70. The summed E-state index contributed by atoms with van der Waals surface area (Å²) >= 11 is 0. The highest BCUT2D eigenvalue weighted by Gasteiger charge is 2.75. The Balaban J connectivity index is 1.65. The van der Waals surface area contributed by atoms with Crippen LogP contribution < -0.4 is 0 Å². The van der Waals surface area contributed by atoms with Crippen molar-refractivity contribution in [2.24, 2.45) is 28.6 Å². The molecule has 188 valence electrons. The number of carbonyl (C=O) groups excluding carboxylic acids is 3. The number of carbonyl (C=O) groups is 3. The van der Waals surface area contributed by atoms with E-state index in [1.165, 1.54) is 12.2 Å². The zero-order chi connectivity index (χ0) is 25.1. The number of unbranched alkanes of at least 4 members (excludes halogenated alkanes) is 1. The van der Waals surface area contributed by atoms with Crippen LogP contribution in [0, 0.1) is 28.6 Å². The van der Waals surface area contributed by atoms with Crippen LogP contribution in [0.5, 0.6) is 0 Å². The van der Waals surface area contributed by atoms with Gasteiger partial charge in [0.1, 0.15) is 5.60 Å². The van der Waals surface area contributed by atoms with E-state index >= 15 is 4.39 Å². The minimum Gasteiger partial charge on any atom is -0.458 e. The summed E-state index contributed by atoms with van der Waals surface area (Å²) in [7, 11) is 0. The Kier molecular flexibility index (Phi) is 6.21. The van der Waals surface area contributed by atoms with Crippen molar-refractivity contribution in [2.75, 3.05) is 6.61 Å². The number of rotatable bonds is 6. The van der Waals surface area contributed by atoms with Gasteiger partial charge in [0.15, 0.2) is 18.1 Å². The number of aliphatic hydroxyl groups is 2. The second-order valence-electron chi connectivity index (χ2n) is 11.4. The summed E-state index contributed by atoms with van der Waals surface area (Å²) in [5.41, 5.74) is -5.34. The summed E-state index contributed by atoms with van der Waals surface area (Å²) in [4.78, 5) is 37.2. The highest BCUT2D eigenvalue weighted by molar-refractivity contribution is 6.01. The quantitative estimate of drug-likeness (QED) is 0.568. The maximum Gasteiger partial charge on any atom is 0.306 e. The van der Waals surface area contributed by atoms with Crippen LogP contribution in [0.1, 0.15) is 72.6 Å². The molecule has 0 aromatic rings. The molecule has 0 amide bonds. The average molecular weight is 477 g/mol. The minimum absolute atomic E-state index is 0.0916. The summed E-state index contributed by atoms with van der Waals surface area (Å²) in [6, 6.07) is 0. The molecule has 0 unspecified atom stereocenters. The fourth-order valence-corrected chi connectivity index (χ4v) is 7.79. The van der Waals surface area contributed by atoms with Crippen molar-refractivity contribution in [3.63, 3.8) is 0 Å². The maximum absolute atomic E-state index is 17.1. The third-order valence-corrected chi connectivity index (χ3v) is 9.75. The summed E-state index contributed by atoms with van der Waals surface area (Å²) < 4.78 is 22.3. The van der Waals surface area contributed by atoms with Gasteiger partial charge in [-0.05, 0) is 63.0 Å². The van der Waals surface area contributed by atoms with Gasteiger partial charge in [0, 0.05) is 23.2 Å². The van der Waals surface area contributed by atoms with Crippen LogP contribution >= 0.6 is 0 Å². The van der Waals surface area contributed by atoms with Crippen molar-refractivity contribution >= 4 is 17.5 Å². The normalized spacial score (nSPS) is 45.1. The molecule has 3 fully saturated rings. The number of ketones is 2. The SMILES string of the molecule is CCCCC(=O)OCC(=O)[C@]1(O)[C@H](C)C[C@H]2[C@@H]3CCC4=CC(=O)C=C[C@]4(C)[C@@]3(F)[C@@H](O)C[C@@]21C. The molecular weight excluding hydrogens is 439 g/mol. The summed E-state index contributed by atoms with van der Waals surface area (Å²) in [5, 5.41) is 23.2. The number of ether oxygens (including phenoxy) is 1. The summed E-state index contributed by atoms with van der Waals surface area (Å²) in [6.07, 6.45) is 6.03. The van der Waals surface area contributed by atoms with E-state index in [1.54, 1.807) is 26.8 Å². The molecule has 34 heavy (non-hydrogen) atoms. The molecule has 2 N–H and O–H groups in total. The fourth-order valence-electron chi connectivity index (χ4n) is 7.79. The van der Waals surface area contributed by atoms with Crippen molar-refractivity contribution in [3.05, 3.63) is 23.8 Å². The monoisotopic (exact) mass is 476 g/mol. The van der Waals surface area contributed by atoms with E-state index < -0.39 is 58.4 Å². The Morgan fingerprint density at radius 3 is 2.65 bits per heavy atom. The van der Waals surface area contributed by atoms with Crippen LogP contribution in [0.2, 0.25) is 0 Å². The van der Waals surface area contributed by atoms with Crippen LogP contribution in [0.3, 0.4) is 0 Å². The molecule has 7 heteroatoms. The lowest BCUT2D eigenvalue weighted by Gasteiger charge is -2.62. The van der Waals surface area contributed by atoms with Gasteiger partial charge in [-0.15, -0.1) is 0 Å². The molecule has 0 aliphatic heterocycles. The smallest absolute Gasteiger partial charge is 0.306 e. The molecule has 0 spiro atoms. The first-order valence-electron chi connectivity index (χ1n) is 12.6. The molecule has 8 atom stereocenters. The molecule has 6 nitrogen and oxygen atoms in total. The molecule has 0 heterocycles. The zero-order valence-electron chi connectivity index (χ0n) is 20.6. The topological polar surface area (TPSA) is 101 Å². The molecule has 4 rings (SSSR count). The van der Waals surface area contributed by atoms with Gasteiger partial charge in [-0.1, -0.05) is 38.8 Å². The van der Waals surface area contributed by atoms with Gasteiger partial charge in [-0.2, -0.15) is 0 Å². The number of fused-ring (bicyclic) bond motifs is 5. The molecule has 0 aromatic carbocycles. The standard InChI is InChI=1S/C27H37FO6/c1-5-6-7-23(32)34-15-22(31)27(33)16(2)12-20-19-9-8-17-13-18(29)10-11-24(17,3)26(19,28)21(30)14-25(20,27)4/h10-11,13,16,19-21,30,33H,5-9,12,14-15H2,1-4H3/t16-,19+,20+,21+,24+,25+,26+,27-/m1/s1. The molecule has 4 aliphatic carbocycles. The zero-order valence-corrected chi connectivity index (χ0v) is 20.6. The Morgan fingerprint density at radius 1 is 1.26 bits per heavy atom. The molecular formula is C27H37FO6. The van der Waals surface area contributed by atoms with Crippen LogP contribution in [0.25, 0.3) is 0 Å². The Hall–Kier alpha value is -1.86. The number of halogens is 1. The lowest BCUT2D eigenvalue weighted by molar-refractivity contribution is -0.220. The number of aliphatic hydroxyl groups excluding tert-OH is 1. The van der Waals surface area contributed by atoms with E-state index in [-0.39, 0.29) is 24.5 Å². The number of alkyl halides is 1. The van der Waals surface area contributed by atoms with Gasteiger partial charge in [-0.25, -0.2) is 4.39 Å². The molecule has 0 aromatic heterocycles. The van der Waals surface area contributed by atoms with Crippen LogP contribution in [0.15, 0.2) is 23.8 Å². The Morgan fingerprint density at radius 2 is 1.97 bits per heavy atom. The minimum atomic E-state index is -2.01. The highest BCUT2D eigenvalue weighted by atomic mass is 19.1. The fraction of sp³-hybridized carbons (Fsp3) is 0.741. The van der Waals surface area contributed by atoms with Crippen LogP contribution in [-0.2, 0) is 19.1 Å². The van der Waals surface area contributed by atoms with Crippen LogP contribution in [0.4, 0.5) is 4.39 Å². The number of hydrogen-bond acceptors (Lipinski definition) is 6. The van der Waals surface area contributed by atoms with Gasteiger partial charge < -0.3 is 14.9 Å². The number of esters is 1. The summed E-state index contributed by atoms with van der Waals surface area (Å²) in [6.45, 7) is 6.72. The largest absolute Gasteiger partial charge is 0.458 e. The van der Waals surface area contributed by atoms with E-state index in [0.717, 1.165) is 6.42 Å². The lowest BCUT2D eigenvalue weighted by atomic mass is 9.44. The van der Waals surface area contributed by atoms with Crippen molar-refractivity contribution in [3.8, 4) is 0 Å². The van der Waals surface area contributed by atoms with Gasteiger partial charge in [-0.3, -0.25) is 14.4 Å². The number of allylic oxidation sites excluding steroid dienone is 4. The average Bonchev–Trinajstić information content (AvgIpc) is 2.99. The van der Waals surface area contributed by atoms with Crippen LogP contribution in [-0.4, -0.2) is 51.7 Å². The Labute approximate surface area is 200 Å². The van der Waals surface area contributed by atoms with Gasteiger partial charge in [0.05, 0.1) is 6.10 Å². The van der Waals surface area contributed by atoms with Gasteiger partial charge >= 0.3 is 5.97 Å². The Bertz CT molecular complexity index is 957. The second kappa shape index (κ2) is 8.37. The maximum atomic E-state index is 17.1. The first kappa shape index (κ1) is 25.2. The van der Waals surface area contributed by atoms with Crippen molar-refractivity contribution in [2.45, 2.75) is 90.0 Å². The molecule has 0 saturated heterocycles. The predicted molar refractivity (Wildman–Crippen MR) is 123 cm³/mol. The van der Waals surface area contributed by atoms with Crippen molar-refractivity contribution in [1.29, 1.82) is 0 Å². The third kappa shape index (κ3) is 3.22. The first-order valence-corrected chi connectivity index (χ1v) is 12.6. The van der Waals surface area contributed by atoms with Crippen molar-refractivity contribution < 1.29 is 33.7 Å². The molecule has 3 saturated carbocycles. The predicted octanol–water partition coefficient (Wildman–Crippen LogP) is 3.64. The van der Waals surface area contributed by atoms with Gasteiger partial charge in [0.2, 0.25) is 5.78 Å². The molecule has 4 aliphatic rings. The summed E-state index contributed by atoms with van der Waals surface area (Å²) in [5.74, 6) is -2.64. The molecule has 0 radical (unpaired) electrons. The van der Waals surface area contributed by atoms with Crippen molar-refractivity contribution in [1.82, 2.24) is 0 Å². The second-order valence-corrected chi connectivity index (χ2v) is 11.4. The van der Waals surface area contributed by atoms with E-state index in [2.05, 4.69) is 0 Å². The van der Waals surface area contributed by atoms with E-state index in [1.807, 2.05) is 6.92 Å². The first-order chi connectivity index (χ1) is 15.9. The number of hydrogen-bond donors (Lipinski definition) is 2. The lowest BCUT2D eigenvalue weighted by Crippen LogP contribution is -2.69. The van der Waals surface area contributed by atoms with Gasteiger partial charge in [0.25, 0.3) is 0 Å².